The number of hydrogen-bond donors (Lipinski definition) is 1. The first-order valence-corrected chi connectivity index (χ1v) is 9.97. The summed E-state index contributed by atoms with van der Waals surface area (Å²) in [4.78, 5) is 21.1. The van der Waals surface area contributed by atoms with Crippen LogP contribution in [-0.4, -0.2) is 69.8 Å². The molecule has 9 nitrogen and oxygen atoms in total. The summed E-state index contributed by atoms with van der Waals surface area (Å²) in [7, 11) is 4.71. The van der Waals surface area contributed by atoms with Crippen molar-refractivity contribution in [3.05, 3.63) is 41.6 Å². The molecule has 0 radical (unpaired) electrons. The van der Waals surface area contributed by atoms with Crippen LogP contribution in [0.2, 0.25) is 0 Å². The number of piperazine rings is 1. The number of aromatic nitrogens is 1. The lowest BCUT2D eigenvalue weighted by Gasteiger charge is -2.35. The Morgan fingerprint density at radius 3 is 2.39 bits per heavy atom. The third-order valence-electron chi connectivity index (χ3n) is 5.20. The van der Waals surface area contributed by atoms with Crippen LogP contribution in [0.1, 0.15) is 11.1 Å². The Bertz CT molecular complexity index is 951. The van der Waals surface area contributed by atoms with Gasteiger partial charge >= 0.3 is 0 Å². The molecular weight excluding hydrogens is 398 g/mol. The molecule has 3 rings (SSSR count). The number of amides is 1. The number of benzene rings is 1. The molecular formula is C22H27N5O4. The molecule has 2 heterocycles. The van der Waals surface area contributed by atoms with E-state index < -0.39 is 0 Å². The summed E-state index contributed by atoms with van der Waals surface area (Å²) in [5.74, 6) is 2.51. The fourth-order valence-electron chi connectivity index (χ4n) is 3.48. The Kier molecular flexibility index (Phi) is 7.51. The molecule has 1 amide bonds. The zero-order chi connectivity index (χ0) is 22.2. The number of carbonyl (C=O) groups is 1. The number of nitriles is 1. The minimum absolute atomic E-state index is 0.0603. The average Bonchev–Trinajstić information content (AvgIpc) is 2.82. The van der Waals surface area contributed by atoms with Crippen molar-refractivity contribution < 1.29 is 19.0 Å². The van der Waals surface area contributed by atoms with Crippen LogP contribution in [0.4, 0.5) is 5.82 Å². The molecule has 31 heavy (non-hydrogen) atoms. The highest BCUT2D eigenvalue weighted by molar-refractivity contribution is 5.78. The van der Waals surface area contributed by atoms with Crippen molar-refractivity contribution in [3.8, 4) is 23.3 Å². The van der Waals surface area contributed by atoms with Crippen molar-refractivity contribution in [2.75, 3.05) is 59.0 Å². The smallest absolute Gasteiger partial charge is 0.234 e. The predicted molar refractivity (Wildman–Crippen MR) is 116 cm³/mol. The van der Waals surface area contributed by atoms with Crippen molar-refractivity contribution in [3.63, 3.8) is 0 Å². The summed E-state index contributed by atoms with van der Waals surface area (Å²) in [5, 5.41) is 12.0. The van der Waals surface area contributed by atoms with Gasteiger partial charge in [-0.3, -0.25) is 9.69 Å². The molecule has 2 aromatic rings. The second-order valence-corrected chi connectivity index (χ2v) is 7.07. The minimum atomic E-state index is -0.0603. The summed E-state index contributed by atoms with van der Waals surface area (Å²) in [5.41, 5.74) is 1.40. The zero-order valence-corrected chi connectivity index (χ0v) is 18.1. The van der Waals surface area contributed by atoms with Crippen LogP contribution in [0.15, 0.2) is 30.5 Å². The fraction of sp³-hybridized carbons (Fsp3) is 0.409. The van der Waals surface area contributed by atoms with Gasteiger partial charge in [0, 0.05) is 50.6 Å². The topological polar surface area (TPSA) is 100.0 Å². The molecule has 1 saturated heterocycles. The molecule has 1 aromatic heterocycles. The Morgan fingerprint density at radius 1 is 1.06 bits per heavy atom. The summed E-state index contributed by atoms with van der Waals surface area (Å²) in [6, 6.07) is 9.17. The molecule has 0 unspecified atom stereocenters. The van der Waals surface area contributed by atoms with Crippen LogP contribution in [0.3, 0.4) is 0 Å². The molecule has 0 saturated carbocycles. The third-order valence-corrected chi connectivity index (χ3v) is 5.20. The van der Waals surface area contributed by atoms with Gasteiger partial charge in [0.2, 0.25) is 5.91 Å². The van der Waals surface area contributed by atoms with E-state index in [9.17, 15) is 4.79 Å². The Balaban J connectivity index is 1.51. The first-order chi connectivity index (χ1) is 15.1. The van der Waals surface area contributed by atoms with Gasteiger partial charge in [-0.15, -0.1) is 0 Å². The number of nitrogens with one attached hydrogen (secondary N) is 1. The molecule has 0 spiro atoms. The Morgan fingerprint density at radius 2 is 1.74 bits per heavy atom. The number of anilines is 1. The number of ether oxygens (including phenoxy) is 3. The minimum Gasteiger partial charge on any atom is -0.496 e. The van der Waals surface area contributed by atoms with Gasteiger partial charge in [-0.25, -0.2) is 4.98 Å². The molecule has 1 aromatic carbocycles. The second kappa shape index (κ2) is 10.5. The molecule has 1 fully saturated rings. The van der Waals surface area contributed by atoms with Crippen LogP contribution in [0.25, 0.3) is 0 Å². The molecule has 0 atom stereocenters. The summed E-state index contributed by atoms with van der Waals surface area (Å²) >= 11 is 0. The lowest BCUT2D eigenvalue weighted by molar-refractivity contribution is -0.122. The van der Waals surface area contributed by atoms with Crippen LogP contribution in [-0.2, 0) is 11.3 Å². The van der Waals surface area contributed by atoms with Crippen LogP contribution >= 0.6 is 0 Å². The van der Waals surface area contributed by atoms with Crippen LogP contribution in [0.5, 0.6) is 17.2 Å². The second-order valence-electron chi connectivity index (χ2n) is 7.07. The van der Waals surface area contributed by atoms with Gasteiger partial charge in [-0.1, -0.05) is 0 Å². The Labute approximate surface area is 182 Å². The van der Waals surface area contributed by atoms with Gasteiger partial charge in [0.1, 0.15) is 11.6 Å². The maximum atomic E-state index is 12.5. The van der Waals surface area contributed by atoms with E-state index in [1.807, 2.05) is 0 Å². The van der Waals surface area contributed by atoms with Crippen molar-refractivity contribution in [1.82, 2.24) is 15.2 Å². The number of carbonyl (C=O) groups excluding carboxylic acids is 1. The van der Waals surface area contributed by atoms with Crippen LogP contribution < -0.4 is 24.4 Å². The normalized spacial score (nSPS) is 13.9. The van der Waals surface area contributed by atoms with Gasteiger partial charge in [0.15, 0.2) is 11.5 Å². The first kappa shape index (κ1) is 22.2. The number of rotatable bonds is 8. The SMILES string of the molecule is COc1cc(OC)c(OC)cc1CNC(=O)CN1CCN(c2cc(C#N)ccn2)CC1. The highest BCUT2D eigenvalue weighted by Gasteiger charge is 2.20. The number of nitrogens with zero attached hydrogens (tertiary/aromatic N) is 4. The van der Waals surface area contributed by atoms with Gasteiger partial charge in [-0.05, 0) is 18.2 Å². The van der Waals surface area contributed by atoms with E-state index in [0.717, 1.165) is 37.6 Å². The van der Waals surface area contributed by atoms with Crippen LogP contribution in [0, 0.1) is 11.3 Å². The third kappa shape index (κ3) is 5.55. The van der Waals surface area contributed by atoms with E-state index in [1.165, 1.54) is 0 Å². The number of hydrogen-bond acceptors (Lipinski definition) is 8. The highest BCUT2D eigenvalue weighted by atomic mass is 16.5. The summed E-state index contributed by atoms with van der Waals surface area (Å²) < 4.78 is 16.0. The van der Waals surface area contributed by atoms with Crippen molar-refractivity contribution in [2.45, 2.75) is 6.54 Å². The Hall–Kier alpha value is -3.51. The highest BCUT2D eigenvalue weighted by Crippen LogP contribution is 2.34. The molecule has 1 aliphatic rings. The fourth-order valence-corrected chi connectivity index (χ4v) is 3.48. The molecule has 9 heteroatoms. The first-order valence-electron chi connectivity index (χ1n) is 9.97. The number of pyridine rings is 1. The van der Waals surface area contributed by atoms with E-state index in [2.05, 4.69) is 26.2 Å². The van der Waals surface area contributed by atoms with E-state index in [-0.39, 0.29) is 5.91 Å². The summed E-state index contributed by atoms with van der Waals surface area (Å²) in [6.07, 6.45) is 1.65. The van der Waals surface area contributed by atoms with Gasteiger partial charge in [-0.2, -0.15) is 5.26 Å². The largest absolute Gasteiger partial charge is 0.496 e. The van der Waals surface area contributed by atoms with E-state index in [0.29, 0.717) is 35.9 Å². The van der Waals surface area contributed by atoms with Gasteiger partial charge in [0.05, 0.1) is 39.5 Å². The standard InChI is InChI=1S/C22H27N5O4/c1-29-18-12-20(31-3)19(30-2)11-17(18)14-25-22(28)15-26-6-8-27(9-7-26)21-10-16(13-23)4-5-24-21/h4-5,10-12H,6-9,14-15H2,1-3H3,(H,25,28). The molecule has 1 N–H and O–H groups in total. The molecule has 1 aliphatic heterocycles. The van der Waals surface area contributed by atoms with Gasteiger partial charge in [0.25, 0.3) is 0 Å². The quantitative estimate of drug-likeness (QED) is 0.678. The molecule has 164 valence electrons. The molecule has 0 bridgehead atoms. The predicted octanol–water partition coefficient (Wildman–Crippen LogP) is 1.42. The summed E-state index contributed by atoms with van der Waals surface area (Å²) in [6.45, 7) is 3.62. The van der Waals surface area contributed by atoms with E-state index >= 15 is 0 Å². The van der Waals surface area contributed by atoms with Crippen molar-refractivity contribution in [1.29, 1.82) is 5.26 Å². The maximum Gasteiger partial charge on any atom is 0.234 e. The van der Waals surface area contributed by atoms with Crippen molar-refractivity contribution >= 4 is 11.7 Å². The van der Waals surface area contributed by atoms with Crippen molar-refractivity contribution in [2.24, 2.45) is 0 Å². The monoisotopic (exact) mass is 425 g/mol. The number of methoxy groups -OCH3 is 3. The zero-order valence-electron chi connectivity index (χ0n) is 18.1. The lowest BCUT2D eigenvalue weighted by atomic mass is 10.1. The molecule has 0 aliphatic carbocycles. The van der Waals surface area contributed by atoms with Gasteiger partial charge < -0.3 is 24.4 Å². The maximum absolute atomic E-state index is 12.5. The van der Waals surface area contributed by atoms with E-state index in [4.69, 9.17) is 19.5 Å². The van der Waals surface area contributed by atoms with E-state index in [1.54, 1.807) is 51.8 Å². The average molecular weight is 425 g/mol. The lowest BCUT2D eigenvalue weighted by Crippen LogP contribution is -2.49.